The lowest BCUT2D eigenvalue weighted by atomic mass is 10.1. The Morgan fingerprint density at radius 1 is 1.26 bits per heavy atom. The Morgan fingerprint density at radius 2 is 1.89 bits per heavy atom. The maximum atomic E-state index is 11.7. The van der Waals surface area contributed by atoms with E-state index in [1.54, 1.807) is 0 Å². The molecule has 0 aliphatic heterocycles. The third kappa shape index (κ3) is 3.87. The molecule has 0 saturated heterocycles. The fourth-order valence-corrected chi connectivity index (χ4v) is 1.65. The van der Waals surface area contributed by atoms with E-state index in [4.69, 9.17) is 5.11 Å². The number of carboxylic acid groups (broad SMARTS) is 1. The summed E-state index contributed by atoms with van der Waals surface area (Å²) in [5.41, 5.74) is -0.177. The fourth-order valence-electron chi connectivity index (χ4n) is 1.65. The molecule has 0 saturated carbocycles. The van der Waals surface area contributed by atoms with Gasteiger partial charge in [-0.05, 0) is 25.0 Å². The van der Waals surface area contributed by atoms with E-state index in [0.717, 1.165) is 12.8 Å². The third-order valence-electron chi connectivity index (χ3n) is 2.84. The van der Waals surface area contributed by atoms with Crippen LogP contribution in [-0.2, 0) is 0 Å². The van der Waals surface area contributed by atoms with Crippen molar-refractivity contribution in [2.24, 2.45) is 0 Å². The molecule has 1 aromatic rings. The van der Waals surface area contributed by atoms with Gasteiger partial charge in [0.25, 0.3) is 0 Å². The number of para-hydroxylation sites is 1. The molecular formula is C13H18N2O4. The Morgan fingerprint density at radius 3 is 2.42 bits per heavy atom. The highest BCUT2D eigenvalue weighted by Crippen LogP contribution is 2.27. The number of carbonyl (C=O) groups is 2. The van der Waals surface area contributed by atoms with E-state index in [2.05, 4.69) is 10.6 Å². The maximum absolute atomic E-state index is 11.7. The number of hydrogen-bond acceptors (Lipinski definition) is 3. The van der Waals surface area contributed by atoms with Gasteiger partial charge in [-0.2, -0.15) is 0 Å². The van der Waals surface area contributed by atoms with Crippen molar-refractivity contribution >= 4 is 17.7 Å². The van der Waals surface area contributed by atoms with Gasteiger partial charge in [0.05, 0.1) is 5.69 Å². The lowest BCUT2D eigenvalue weighted by molar-refractivity contribution is 0.0693. The number of carbonyl (C=O) groups excluding carboxylic acids is 1. The van der Waals surface area contributed by atoms with Gasteiger partial charge >= 0.3 is 12.0 Å². The third-order valence-corrected chi connectivity index (χ3v) is 2.84. The van der Waals surface area contributed by atoms with Gasteiger partial charge in [-0.15, -0.1) is 0 Å². The van der Waals surface area contributed by atoms with Crippen molar-refractivity contribution in [2.45, 2.75) is 32.7 Å². The van der Waals surface area contributed by atoms with Crippen LogP contribution in [0.5, 0.6) is 5.75 Å². The lowest BCUT2D eigenvalue weighted by Gasteiger charge is -2.16. The van der Waals surface area contributed by atoms with Crippen molar-refractivity contribution in [2.75, 3.05) is 5.32 Å². The number of phenols is 1. The first-order valence-electron chi connectivity index (χ1n) is 6.12. The smallest absolute Gasteiger partial charge is 0.339 e. The summed E-state index contributed by atoms with van der Waals surface area (Å²) in [6, 6.07) is 3.74. The second-order valence-electron chi connectivity index (χ2n) is 4.12. The Balaban J connectivity index is 2.80. The number of carboxylic acids is 1. The van der Waals surface area contributed by atoms with Crippen LogP contribution in [0, 0.1) is 0 Å². The molecule has 0 aliphatic carbocycles. The molecule has 4 N–H and O–H groups in total. The summed E-state index contributed by atoms with van der Waals surface area (Å²) in [4.78, 5) is 22.5. The van der Waals surface area contributed by atoms with Crippen LogP contribution < -0.4 is 10.6 Å². The normalized spacial score (nSPS) is 10.3. The SMILES string of the molecule is CCC(CC)NC(=O)Nc1cccc(C(=O)O)c1O. The number of anilines is 1. The summed E-state index contributed by atoms with van der Waals surface area (Å²) in [5.74, 6) is -1.70. The van der Waals surface area contributed by atoms with Crippen molar-refractivity contribution in [1.29, 1.82) is 0 Å². The molecule has 0 radical (unpaired) electrons. The van der Waals surface area contributed by atoms with Gasteiger partial charge in [-0.1, -0.05) is 19.9 Å². The first-order valence-corrected chi connectivity index (χ1v) is 6.12. The molecule has 0 aromatic heterocycles. The second-order valence-corrected chi connectivity index (χ2v) is 4.12. The van der Waals surface area contributed by atoms with E-state index in [9.17, 15) is 14.7 Å². The molecule has 0 spiro atoms. The predicted molar refractivity (Wildman–Crippen MR) is 71.6 cm³/mol. The molecule has 2 amide bonds. The van der Waals surface area contributed by atoms with Crippen molar-refractivity contribution < 1.29 is 19.8 Å². The summed E-state index contributed by atoms with van der Waals surface area (Å²) >= 11 is 0. The zero-order valence-corrected chi connectivity index (χ0v) is 10.9. The van der Waals surface area contributed by atoms with Gasteiger partial charge in [-0.3, -0.25) is 0 Å². The zero-order valence-electron chi connectivity index (χ0n) is 10.9. The molecule has 104 valence electrons. The number of aromatic hydroxyl groups is 1. The van der Waals surface area contributed by atoms with Crippen molar-refractivity contribution in [3.8, 4) is 5.75 Å². The first kappa shape index (κ1) is 14.8. The van der Waals surface area contributed by atoms with Gasteiger partial charge in [0, 0.05) is 6.04 Å². The number of rotatable bonds is 5. The second kappa shape index (κ2) is 6.63. The van der Waals surface area contributed by atoms with Gasteiger partial charge in [0.2, 0.25) is 0 Å². The Bertz CT molecular complexity index is 470. The lowest BCUT2D eigenvalue weighted by Crippen LogP contribution is -2.37. The molecule has 0 aliphatic rings. The van der Waals surface area contributed by atoms with Crippen molar-refractivity contribution in [3.05, 3.63) is 23.8 Å². The van der Waals surface area contributed by atoms with Crippen LogP contribution in [0.3, 0.4) is 0 Å². The van der Waals surface area contributed by atoms with Crippen molar-refractivity contribution in [1.82, 2.24) is 5.32 Å². The summed E-state index contributed by atoms with van der Waals surface area (Å²) in [6.45, 7) is 3.91. The molecule has 1 aromatic carbocycles. The van der Waals surface area contributed by atoms with Gasteiger partial charge in [-0.25, -0.2) is 9.59 Å². The largest absolute Gasteiger partial charge is 0.505 e. The monoisotopic (exact) mass is 266 g/mol. The first-order chi connectivity index (χ1) is 8.99. The maximum Gasteiger partial charge on any atom is 0.339 e. The minimum Gasteiger partial charge on any atom is -0.505 e. The summed E-state index contributed by atoms with van der Waals surface area (Å²) in [6.07, 6.45) is 1.59. The van der Waals surface area contributed by atoms with E-state index < -0.39 is 17.7 Å². The van der Waals surface area contributed by atoms with E-state index in [-0.39, 0.29) is 17.3 Å². The zero-order chi connectivity index (χ0) is 14.4. The van der Waals surface area contributed by atoms with Crippen LogP contribution in [0.25, 0.3) is 0 Å². The highest BCUT2D eigenvalue weighted by Gasteiger charge is 2.15. The number of hydrogen-bond donors (Lipinski definition) is 4. The van der Waals surface area contributed by atoms with Crippen LogP contribution in [-0.4, -0.2) is 28.3 Å². The molecule has 6 nitrogen and oxygen atoms in total. The molecular weight excluding hydrogens is 248 g/mol. The van der Waals surface area contributed by atoms with E-state index in [0.29, 0.717) is 0 Å². The average Bonchev–Trinajstić information content (AvgIpc) is 2.38. The standard InChI is InChI=1S/C13H18N2O4/c1-3-8(4-2)14-13(19)15-10-7-5-6-9(11(10)16)12(17)18/h5-8,16H,3-4H2,1-2H3,(H,17,18)(H2,14,15,19). The van der Waals surface area contributed by atoms with Gasteiger partial charge < -0.3 is 20.8 Å². The molecule has 19 heavy (non-hydrogen) atoms. The number of urea groups is 1. The van der Waals surface area contributed by atoms with Gasteiger partial charge in [0.1, 0.15) is 5.56 Å². The highest BCUT2D eigenvalue weighted by molar-refractivity contribution is 5.97. The predicted octanol–water partition coefficient (Wildman–Crippen LogP) is 2.40. The van der Waals surface area contributed by atoms with Crippen LogP contribution in [0.4, 0.5) is 10.5 Å². The Hall–Kier alpha value is -2.24. The topological polar surface area (TPSA) is 98.7 Å². The fraction of sp³-hybridized carbons (Fsp3) is 0.385. The summed E-state index contributed by atoms with van der Waals surface area (Å²) < 4.78 is 0. The molecule has 0 bridgehead atoms. The molecule has 0 atom stereocenters. The number of benzene rings is 1. The van der Waals surface area contributed by atoms with E-state index in [1.165, 1.54) is 18.2 Å². The van der Waals surface area contributed by atoms with E-state index >= 15 is 0 Å². The van der Waals surface area contributed by atoms with Gasteiger partial charge in [0.15, 0.2) is 5.75 Å². The highest BCUT2D eigenvalue weighted by atomic mass is 16.4. The Kier molecular flexibility index (Phi) is 5.17. The van der Waals surface area contributed by atoms with Crippen LogP contribution >= 0.6 is 0 Å². The van der Waals surface area contributed by atoms with Crippen LogP contribution in [0.1, 0.15) is 37.0 Å². The van der Waals surface area contributed by atoms with Crippen LogP contribution in [0.15, 0.2) is 18.2 Å². The minimum atomic E-state index is -1.25. The minimum absolute atomic E-state index is 0.0461. The molecule has 0 unspecified atom stereocenters. The number of nitrogens with one attached hydrogen (secondary N) is 2. The molecule has 0 heterocycles. The Labute approximate surface area is 111 Å². The van der Waals surface area contributed by atoms with E-state index in [1.807, 2.05) is 13.8 Å². The quantitative estimate of drug-likeness (QED) is 0.615. The molecule has 6 heteroatoms. The van der Waals surface area contributed by atoms with Crippen molar-refractivity contribution in [3.63, 3.8) is 0 Å². The average molecular weight is 266 g/mol. The molecule has 1 rings (SSSR count). The molecule has 0 fully saturated rings. The summed E-state index contributed by atoms with van der Waals surface area (Å²) in [7, 11) is 0. The number of amides is 2. The summed E-state index contributed by atoms with van der Waals surface area (Å²) in [5, 5.41) is 23.8. The number of aromatic carboxylic acids is 1. The van der Waals surface area contributed by atoms with Crippen LogP contribution in [0.2, 0.25) is 0 Å².